The number of ether oxygens (including phenoxy) is 3. The summed E-state index contributed by atoms with van der Waals surface area (Å²) in [6.07, 6.45) is -2.17. The number of nitrogens with zero attached hydrogens (tertiary/aromatic N) is 3. The zero-order valence-corrected chi connectivity index (χ0v) is 22.7. The smallest absolute Gasteiger partial charge is 0.313 e. The maximum absolute atomic E-state index is 13.2. The van der Waals surface area contributed by atoms with Crippen LogP contribution in [0.25, 0.3) is 5.52 Å². The number of esters is 1. The molecule has 0 spiro atoms. The Kier molecular flexibility index (Phi) is 8.52. The molecule has 0 bridgehead atoms. The predicted molar refractivity (Wildman–Crippen MR) is 140 cm³/mol. The normalized spacial score (nSPS) is 23.8. The largest absolute Gasteiger partial charge is 0.438 e. The maximum Gasteiger partial charge on any atom is 0.313 e. The van der Waals surface area contributed by atoms with E-state index in [0.717, 1.165) is 0 Å². The van der Waals surface area contributed by atoms with E-state index in [1.54, 1.807) is 52.0 Å². The van der Waals surface area contributed by atoms with Crippen LogP contribution in [0.2, 0.25) is 0 Å². The average molecular weight is 560 g/mol. The number of aliphatic hydroxyl groups is 2. The Morgan fingerprint density at radius 2 is 1.93 bits per heavy atom. The van der Waals surface area contributed by atoms with Crippen molar-refractivity contribution in [2.45, 2.75) is 64.1 Å². The molecule has 3 heterocycles. The van der Waals surface area contributed by atoms with E-state index in [9.17, 15) is 24.2 Å². The van der Waals surface area contributed by atoms with Crippen LogP contribution in [0.4, 0.5) is 10.2 Å². The minimum Gasteiger partial charge on any atom is -0.438 e. The van der Waals surface area contributed by atoms with E-state index in [2.05, 4.69) is 15.4 Å². The van der Waals surface area contributed by atoms with E-state index in [1.807, 2.05) is 0 Å². The lowest BCUT2D eigenvalue weighted by molar-refractivity contribution is -0.171. The Bertz CT molecular complexity index is 1360. The van der Waals surface area contributed by atoms with Gasteiger partial charge in [0.15, 0.2) is 12.6 Å². The number of halogens is 1. The molecule has 13 heteroatoms. The lowest BCUT2D eigenvalue weighted by Crippen LogP contribution is -2.40. The zero-order chi connectivity index (χ0) is 29.2. The first-order valence-electron chi connectivity index (χ1n) is 12.7. The SMILES string of the molecule is CC(C)(C)C(=O)OCOC[C@H]1O[C@@](C)(c2ccc3c(NC(=O)[C@@H](N)Cc4ccc(F)cc4)ncnn23)[C@H](O)[C@@H]1O. The number of aromatic nitrogens is 3. The molecule has 216 valence electrons. The Morgan fingerprint density at radius 1 is 1.23 bits per heavy atom. The molecule has 1 aliphatic heterocycles. The Labute approximate surface area is 230 Å². The number of aliphatic hydroxyl groups excluding tert-OH is 2. The van der Waals surface area contributed by atoms with Gasteiger partial charge in [-0.2, -0.15) is 5.10 Å². The summed E-state index contributed by atoms with van der Waals surface area (Å²) in [5.41, 5.74) is 5.47. The fourth-order valence-electron chi connectivity index (χ4n) is 4.39. The molecule has 0 unspecified atom stereocenters. The van der Waals surface area contributed by atoms with Crippen molar-refractivity contribution in [2.24, 2.45) is 11.1 Å². The number of carbonyl (C=O) groups excluding carboxylic acids is 2. The highest BCUT2D eigenvalue weighted by Gasteiger charge is 2.53. The summed E-state index contributed by atoms with van der Waals surface area (Å²) in [7, 11) is 0. The lowest BCUT2D eigenvalue weighted by Gasteiger charge is -2.27. The highest BCUT2D eigenvalue weighted by atomic mass is 19.1. The topological polar surface area (TPSA) is 171 Å². The van der Waals surface area contributed by atoms with Crippen molar-refractivity contribution in [3.05, 3.63) is 59.8 Å². The van der Waals surface area contributed by atoms with Crippen molar-refractivity contribution in [3.63, 3.8) is 0 Å². The summed E-state index contributed by atoms with van der Waals surface area (Å²) in [6.45, 7) is 6.27. The number of hydrogen-bond donors (Lipinski definition) is 4. The number of amides is 1. The Morgan fingerprint density at radius 3 is 2.60 bits per heavy atom. The molecule has 40 heavy (non-hydrogen) atoms. The number of benzene rings is 1. The first-order valence-corrected chi connectivity index (χ1v) is 12.7. The quantitative estimate of drug-likeness (QED) is 0.170. The molecule has 1 saturated heterocycles. The molecule has 2 aromatic heterocycles. The van der Waals surface area contributed by atoms with Gasteiger partial charge in [0.25, 0.3) is 0 Å². The van der Waals surface area contributed by atoms with E-state index >= 15 is 0 Å². The number of rotatable bonds is 9. The first-order chi connectivity index (χ1) is 18.8. The van der Waals surface area contributed by atoms with Gasteiger partial charge in [0, 0.05) is 0 Å². The van der Waals surface area contributed by atoms with E-state index in [4.69, 9.17) is 19.9 Å². The number of anilines is 1. The third kappa shape index (κ3) is 6.13. The molecule has 1 aliphatic rings. The minimum absolute atomic E-state index is 0.142. The molecule has 0 saturated carbocycles. The van der Waals surface area contributed by atoms with Gasteiger partial charge in [-0.15, -0.1) is 0 Å². The zero-order valence-electron chi connectivity index (χ0n) is 22.7. The van der Waals surface area contributed by atoms with Crippen LogP contribution in [-0.4, -0.2) is 74.4 Å². The van der Waals surface area contributed by atoms with Crippen molar-refractivity contribution in [1.82, 2.24) is 14.6 Å². The average Bonchev–Trinajstić information content (AvgIpc) is 3.44. The molecule has 1 amide bonds. The summed E-state index contributed by atoms with van der Waals surface area (Å²) in [5, 5.41) is 28.5. The molecule has 0 radical (unpaired) electrons. The second-order valence-corrected chi connectivity index (χ2v) is 10.9. The fourth-order valence-corrected chi connectivity index (χ4v) is 4.39. The number of fused-ring (bicyclic) bond motifs is 1. The van der Waals surface area contributed by atoms with Gasteiger partial charge in [-0.25, -0.2) is 13.9 Å². The van der Waals surface area contributed by atoms with Crippen molar-refractivity contribution in [2.75, 3.05) is 18.7 Å². The molecule has 3 aromatic rings. The molecular formula is C27H34FN5O7. The van der Waals surface area contributed by atoms with Crippen LogP contribution in [0, 0.1) is 11.2 Å². The summed E-state index contributed by atoms with van der Waals surface area (Å²) in [6, 6.07) is 8.07. The third-order valence-corrected chi connectivity index (χ3v) is 6.74. The highest BCUT2D eigenvalue weighted by Crippen LogP contribution is 2.40. The van der Waals surface area contributed by atoms with E-state index in [1.165, 1.54) is 23.0 Å². The minimum atomic E-state index is -1.41. The van der Waals surface area contributed by atoms with Crippen LogP contribution >= 0.6 is 0 Å². The predicted octanol–water partition coefficient (Wildman–Crippen LogP) is 1.28. The highest BCUT2D eigenvalue weighted by molar-refractivity contribution is 5.97. The standard InChI is InChI=1S/C27H34FN5O7/c1-26(2,3)25(37)39-14-38-12-19-21(34)22(35)27(4,40-19)20-10-9-18-23(30-13-31-33(18)20)32-24(36)17(29)11-15-5-7-16(28)8-6-15/h5-10,13,17,19,21-22,34-35H,11-12,14,29H2,1-4H3,(H,30,31,32,36)/t17-,19+,21+,22+,27-/m0/s1. The van der Waals surface area contributed by atoms with Gasteiger partial charge < -0.3 is 35.5 Å². The van der Waals surface area contributed by atoms with Crippen LogP contribution in [-0.2, 0) is 35.8 Å². The van der Waals surface area contributed by atoms with Crippen LogP contribution in [0.5, 0.6) is 0 Å². The summed E-state index contributed by atoms with van der Waals surface area (Å²) in [4.78, 5) is 28.9. The molecule has 0 aliphatic carbocycles. The molecular weight excluding hydrogens is 525 g/mol. The van der Waals surface area contributed by atoms with Crippen molar-refractivity contribution in [1.29, 1.82) is 0 Å². The van der Waals surface area contributed by atoms with Gasteiger partial charge >= 0.3 is 5.97 Å². The van der Waals surface area contributed by atoms with Crippen LogP contribution in [0.3, 0.4) is 0 Å². The van der Waals surface area contributed by atoms with E-state index in [0.29, 0.717) is 16.8 Å². The van der Waals surface area contributed by atoms with Gasteiger partial charge in [-0.1, -0.05) is 12.1 Å². The first kappa shape index (κ1) is 29.5. The number of nitrogens with two attached hydrogens (primary N) is 1. The Hall–Kier alpha value is -3.49. The molecule has 1 aromatic carbocycles. The van der Waals surface area contributed by atoms with Crippen LogP contribution in [0.1, 0.15) is 39.0 Å². The van der Waals surface area contributed by atoms with E-state index < -0.39 is 47.2 Å². The molecule has 1 fully saturated rings. The molecule has 12 nitrogen and oxygen atoms in total. The third-order valence-electron chi connectivity index (χ3n) is 6.74. The monoisotopic (exact) mass is 559 g/mol. The second-order valence-electron chi connectivity index (χ2n) is 10.9. The van der Waals surface area contributed by atoms with Gasteiger partial charge in [-0.05, 0) is 63.9 Å². The van der Waals surface area contributed by atoms with Crippen molar-refractivity contribution < 1.29 is 38.4 Å². The van der Waals surface area contributed by atoms with Gasteiger partial charge in [0.1, 0.15) is 41.6 Å². The van der Waals surface area contributed by atoms with Gasteiger partial charge in [0.2, 0.25) is 5.91 Å². The Balaban J connectivity index is 1.45. The number of carbonyl (C=O) groups is 2. The van der Waals surface area contributed by atoms with Gasteiger partial charge in [-0.3, -0.25) is 9.59 Å². The fraction of sp³-hybridized carbons (Fsp3) is 0.481. The van der Waals surface area contributed by atoms with E-state index in [-0.39, 0.29) is 31.5 Å². The lowest BCUT2D eigenvalue weighted by atomic mass is 9.93. The number of hydrogen-bond acceptors (Lipinski definition) is 10. The maximum atomic E-state index is 13.2. The van der Waals surface area contributed by atoms with Gasteiger partial charge in [0.05, 0.1) is 23.8 Å². The summed E-state index contributed by atoms with van der Waals surface area (Å²) >= 11 is 0. The van der Waals surface area contributed by atoms with Crippen LogP contribution < -0.4 is 11.1 Å². The van der Waals surface area contributed by atoms with Crippen LogP contribution in [0.15, 0.2) is 42.7 Å². The molecule has 4 rings (SSSR count). The second kappa shape index (κ2) is 11.6. The van der Waals surface area contributed by atoms with Crippen molar-refractivity contribution in [3.8, 4) is 0 Å². The summed E-state index contributed by atoms with van der Waals surface area (Å²) < 4.78 is 31.1. The van der Waals surface area contributed by atoms with Crippen molar-refractivity contribution >= 4 is 23.2 Å². The molecule has 5 N–H and O–H groups in total. The summed E-state index contributed by atoms with van der Waals surface area (Å²) in [5.74, 6) is -1.15. The molecule has 5 atom stereocenters. The number of nitrogens with one attached hydrogen (secondary N) is 1.